The molecule has 1 unspecified atom stereocenters. The first-order valence-corrected chi connectivity index (χ1v) is 6.36. The molecule has 1 aromatic heterocycles. The van der Waals surface area contributed by atoms with E-state index in [0.29, 0.717) is 17.8 Å². The molecule has 0 radical (unpaired) electrons. The molecule has 18 heavy (non-hydrogen) atoms. The van der Waals surface area contributed by atoms with Crippen molar-refractivity contribution in [1.82, 2.24) is 10.3 Å². The standard InChI is InChI=1S/C13H19N3O2/c14-12-5-6-15-9-11(12)13(17)16-7-4-10-3-1-2-8-18-10/h5-6,9-10H,1-4,7-8H2,(H2,14,15)(H,16,17). The van der Waals surface area contributed by atoms with E-state index in [1.54, 1.807) is 12.3 Å². The molecule has 3 N–H and O–H groups in total. The van der Waals surface area contributed by atoms with Crippen LogP contribution in [0.3, 0.4) is 0 Å². The average molecular weight is 249 g/mol. The quantitative estimate of drug-likeness (QED) is 0.844. The molecule has 1 saturated heterocycles. The first-order valence-electron chi connectivity index (χ1n) is 6.36. The van der Waals surface area contributed by atoms with Crippen molar-refractivity contribution in [2.75, 3.05) is 18.9 Å². The molecule has 5 heteroatoms. The van der Waals surface area contributed by atoms with E-state index in [4.69, 9.17) is 10.5 Å². The van der Waals surface area contributed by atoms with Gasteiger partial charge in [-0.3, -0.25) is 9.78 Å². The number of aromatic nitrogens is 1. The van der Waals surface area contributed by atoms with Crippen LogP contribution in [0.4, 0.5) is 5.69 Å². The average Bonchev–Trinajstić information content (AvgIpc) is 2.40. The second-order valence-corrected chi connectivity index (χ2v) is 4.50. The van der Waals surface area contributed by atoms with E-state index in [9.17, 15) is 4.79 Å². The van der Waals surface area contributed by atoms with E-state index < -0.39 is 0 Å². The number of ether oxygens (including phenoxy) is 1. The Labute approximate surface area is 107 Å². The molecule has 0 spiro atoms. The molecule has 0 saturated carbocycles. The lowest BCUT2D eigenvalue weighted by molar-refractivity contribution is 0.0117. The second kappa shape index (κ2) is 6.35. The van der Waals surface area contributed by atoms with Crippen molar-refractivity contribution in [2.45, 2.75) is 31.8 Å². The van der Waals surface area contributed by atoms with Crippen LogP contribution in [-0.4, -0.2) is 30.1 Å². The first kappa shape index (κ1) is 12.8. The van der Waals surface area contributed by atoms with E-state index in [1.165, 1.54) is 12.6 Å². The third-order valence-electron chi connectivity index (χ3n) is 3.13. The van der Waals surface area contributed by atoms with Gasteiger partial charge in [0, 0.05) is 31.2 Å². The van der Waals surface area contributed by atoms with Crippen molar-refractivity contribution >= 4 is 11.6 Å². The molecular formula is C13H19N3O2. The summed E-state index contributed by atoms with van der Waals surface area (Å²) in [5.41, 5.74) is 6.60. The molecule has 0 aliphatic carbocycles. The second-order valence-electron chi connectivity index (χ2n) is 4.50. The molecule has 98 valence electrons. The van der Waals surface area contributed by atoms with Gasteiger partial charge in [0.1, 0.15) is 0 Å². The van der Waals surface area contributed by atoms with Crippen LogP contribution < -0.4 is 11.1 Å². The summed E-state index contributed by atoms with van der Waals surface area (Å²) in [5, 5.41) is 2.85. The minimum Gasteiger partial charge on any atom is -0.398 e. The SMILES string of the molecule is Nc1ccncc1C(=O)NCCC1CCCCO1. The van der Waals surface area contributed by atoms with Crippen molar-refractivity contribution in [3.63, 3.8) is 0 Å². The summed E-state index contributed by atoms with van der Waals surface area (Å²) < 4.78 is 5.60. The number of nitrogens with one attached hydrogen (secondary N) is 1. The summed E-state index contributed by atoms with van der Waals surface area (Å²) >= 11 is 0. The van der Waals surface area contributed by atoms with Crippen LogP contribution in [0.15, 0.2) is 18.5 Å². The van der Waals surface area contributed by atoms with Gasteiger partial charge in [-0.2, -0.15) is 0 Å². The molecule has 2 heterocycles. The zero-order valence-corrected chi connectivity index (χ0v) is 10.4. The van der Waals surface area contributed by atoms with Gasteiger partial charge in [-0.15, -0.1) is 0 Å². The van der Waals surface area contributed by atoms with Crippen LogP contribution >= 0.6 is 0 Å². The van der Waals surface area contributed by atoms with Gasteiger partial charge in [0.25, 0.3) is 5.91 Å². The van der Waals surface area contributed by atoms with E-state index in [-0.39, 0.29) is 12.0 Å². The van der Waals surface area contributed by atoms with Crippen molar-refractivity contribution in [3.8, 4) is 0 Å². The third-order valence-corrected chi connectivity index (χ3v) is 3.13. The number of carbonyl (C=O) groups is 1. The van der Waals surface area contributed by atoms with E-state index in [0.717, 1.165) is 25.9 Å². The van der Waals surface area contributed by atoms with Crippen LogP contribution in [0.2, 0.25) is 0 Å². The summed E-state index contributed by atoms with van der Waals surface area (Å²) in [6, 6.07) is 1.62. The molecule has 0 aromatic carbocycles. The fourth-order valence-electron chi connectivity index (χ4n) is 2.07. The fourth-order valence-corrected chi connectivity index (χ4v) is 2.07. The third kappa shape index (κ3) is 3.43. The molecule has 1 aliphatic heterocycles. The first-order chi connectivity index (χ1) is 8.77. The maximum Gasteiger partial charge on any atom is 0.254 e. The maximum atomic E-state index is 11.8. The van der Waals surface area contributed by atoms with Gasteiger partial charge >= 0.3 is 0 Å². The summed E-state index contributed by atoms with van der Waals surface area (Å²) in [4.78, 5) is 15.7. The molecule has 1 amide bonds. The summed E-state index contributed by atoms with van der Waals surface area (Å²) in [6.45, 7) is 1.45. The minimum absolute atomic E-state index is 0.170. The zero-order valence-electron chi connectivity index (χ0n) is 10.4. The van der Waals surface area contributed by atoms with E-state index in [2.05, 4.69) is 10.3 Å². The van der Waals surface area contributed by atoms with Crippen molar-refractivity contribution < 1.29 is 9.53 Å². The molecule has 1 aromatic rings. The Kier molecular flexibility index (Phi) is 4.52. The summed E-state index contributed by atoms with van der Waals surface area (Å²) in [6.07, 6.45) is 7.65. The van der Waals surface area contributed by atoms with Crippen LogP contribution in [0.25, 0.3) is 0 Å². The number of nitrogens with two attached hydrogens (primary N) is 1. The summed E-state index contributed by atoms with van der Waals surface area (Å²) in [5.74, 6) is -0.170. The fraction of sp³-hybridized carbons (Fsp3) is 0.538. The molecule has 1 fully saturated rings. The summed E-state index contributed by atoms with van der Waals surface area (Å²) in [7, 11) is 0. The molecule has 1 aliphatic rings. The van der Waals surface area contributed by atoms with Crippen molar-refractivity contribution in [1.29, 1.82) is 0 Å². The predicted octanol–water partition coefficient (Wildman–Crippen LogP) is 1.35. The Balaban J connectivity index is 1.76. The Morgan fingerprint density at radius 2 is 2.44 bits per heavy atom. The number of pyridine rings is 1. The smallest absolute Gasteiger partial charge is 0.254 e. The van der Waals surface area contributed by atoms with Gasteiger partial charge in [-0.25, -0.2) is 0 Å². The van der Waals surface area contributed by atoms with E-state index in [1.807, 2.05) is 0 Å². The van der Waals surface area contributed by atoms with Crippen molar-refractivity contribution in [3.05, 3.63) is 24.0 Å². The van der Waals surface area contributed by atoms with Gasteiger partial charge in [-0.1, -0.05) is 0 Å². The highest BCUT2D eigenvalue weighted by molar-refractivity contribution is 5.98. The molecule has 0 bridgehead atoms. The number of anilines is 1. The Morgan fingerprint density at radius 1 is 1.56 bits per heavy atom. The van der Waals surface area contributed by atoms with Crippen LogP contribution in [0.5, 0.6) is 0 Å². The Hall–Kier alpha value is -1.62. The number of hydrogen-bond acceptors (Lipinski definition) is 4. The van der Waals surface area contributed by atoms with Gasteiger partial charge in [0.05, 0.1) is 11.7 Å². The number of amides is 1. The topological polar surface area (TPSA) is 77.2 Å². The highest BCUT2D eigenvalue weighted by atomic mass is 16.5. The monoisotopic (exact) mass is 249 g/mol. The number of hydrogen-bond donors (Lipinski definition) is 2. The largest absolute Gasteiger partial charge is 0.398 e. The number of carbonyl (C=O) groups excluding carboxylic acids is 1. The zero-order chi connectivity index (χ0) is 12.8. The lowest BCUT2D eigenvalue weighted by Crippen LogP contribution is -2.29. The Bertz CT molecular complexity index is 403. The van der Waals surface area contributed by atoms with Gasteiger partial charge < -0.3 is 15.8 Å². The maximum absolute atomic E-state index is 11.8. The number of nitrogen functional groups attached to an aromatic ring is 1. The Morgan fingerprint density at radius 3 is 3.17 bits per heavy atom. The van der Waals surface area contributed by atoms with Gasteiger partial charge in [0.15, 0.2) is 0 Å². The normalized spacial score (nSPS) is 19.4. The number of rotatable bonds is 4. The lowest BCUT2D eigenvalue weighted by Gasteiger charge is -2.22. The van der Waals surface area contributed by atoms with Crippen LogP contribution in [0.1, 0.15) is 36.0 Å². The van der Waals surface area contributed by atoms with Gasteiger partial charge in [-0.05, 0) is 31.7 Å². The van der Waals surface area contributed by atoms with E-state index >= 15 is 0 Å². The van der Waals surface area contributed by atoms with Crippen LogP contribution in [0, 0.1) is 0 Å². The molecule has 5 nitrogen and oxygen atoms in total. The van der Waals surface area contributed by atoms with Crippen molar-refractivity contribution in [2.24, 2.45) is 0 Å². The highest BCUT2D eigenvalue weighted by Gasteiger charge is 2.14. The molecule has 1 atom stereocenters. The number of nitrogens with zero attached hydrogens (tertiary/aromatic N) is 1. The minimum atomic E-state index is -0.170. The lowest BCUT2D eigenvalue weighted by atomic mass is 10.1. The highest BCUT2D eigenvalue weighted by Crippen LogP contribution is 2.15. The van der Waals surface area contributed by atoms with Gasteiger partial charge in [0.2, 0.25) is 0 Å². The van der Waals surface area contributed by atoms with Crippen LogP contribution in [-0.2, 0) is 4.74 Å². The molecular weight excluding hydrogens is 230 g/mol. The molecule has 2 rings (SSSR count). The predicted molar refractivity (Wildman–Crippen MR) is 69.2 cm³/mol.